The van der Waals surface area contributed by atoms with Crippen LogP contribution in [0.4, 0.5) is 0 Å². The summed E-state index contributed by atoms with van der Waals surface area (Å²) >= 11 is 0. The molecule has 1 rings (SSSR count). The highest BCUT2D eigenvalue weighted by Crippen LogP contribution is 2.13. The Kier molecular flexibility index (Phi) is 5.89. The van der Waals surface area contributed by atoms with E-state index in [1.165, 1.54) is 7.11 Å². The molecule has 0 aliphatic carbocycles. The first-order chi connectivity index (χ1) is 8.67. The largest absolute Gasteiger partial charge is 0.469 e. The molecule has 0 aliphatic rings. The van der Waals surface area contributed by atoms with E-state index in [-0.39, 0.29) is 12.0 Å². The van der Waals surface area contributed by atoms with Gasteiger partial charge >= 0.3 is 5.97 Å². The molecule has 0 aliphatic heterocycles. The van der Waals surface area contributed by atoms with Gasteiger partial charge in [-0.1, -0.05) is 12.1 Å². The highest BCUT2D eigenvalue weighted by atomic mass is 16.5. The Morgan fingerprint density at radius 3 is 3.00 bits per heavy atom. The lowest BCUT2D eigenvalue weighted by Crippen LogP contribution is -2.20. The van der Waals surface area contributed by atoms with Gasteiger partial charge in [0.25, 0.3) is 0 Å². The van der Waals surface area contributed by atoms with Gasteiger partial charge in [0.15, 0.2) is 0 Å². The zero-order valence-electron chi connectivity index (χ0n) is 10.8. The standard InChI is InChI=1S/C14H18N2O2/c1-11(16-8-4-7-14(17)18-2)13-6-3-5-12(9-13)10-15/h3,5-6,9,11,16H,4,7-8H2,1-2H3. The van der Waals surface area contributed by atoms with E-state index in [1.54, 1.807) is 6.07 Å². The Bertz CT molecular complexity index is 438. The predicted molar refractivity (Wildman–Crippen MR) is 68.8 cm³/mol. The van der Waals surface area contributed by atoms with Crippen molar-refractivity contribution in [2.75, 3.05) is 13.7 Å². The molecular weight excluding hydrogens is 228 g/mol. The summed E-state index contributed by atoms with van der Waals surface area (Å²) in [7, 11) is 1.39. The fraction of sp³-hybridized carbons (Fsp3) is 0.429. The Hall–Kier alpha value is -1.86. The van der Waals surface area contributed by atoms with Gasteiger partial charge in [-0.2, -0.15) is 5.26 Å². The number of hydrogen-bond acceptors (Lipinski definition) is 4. The monoisotopic (exact) mass is 246 g/mol. The van der Waals surface area contributed by atoms with E-state index in [1.807, 2.05) is 25.1 Å². The van der Waals surface area contributed by atoms with E-state index in [4.69, 9.17) is 5.26 Å². The van der Waals surface area contributed by atoms with Crippen molar-refractivity contribution in [1.82, 2.24) is 5.32 Å². The van der Waals surface area contributed by atoms with Gasteiger partial charge in [0.05, 0.1) is 18.7 Å². The smallest absolute Gasteiger partial charge is 0.305 e. The SMILES string of the molecule is COC(=O)CCCNC(C)c1cccc(C#N)c1. The zero-order chi connectivity index (χ0) is 13.4. The van der Waals surface area contributed by atoms with Crippen molar-refractivity contribution >= 4 is 5.97 Å². The van der Waals surface area contributed by atoms with Crippen LogP contribution in [0.25, 0.3) is 0 Å². The summed E-state index contributed by atoms with van der Waals surface area (Å²) in [6, 6.07) is 9.80. The van der Waals surface area contributed by atoms with Crippen LogP contribution in [0.2, 0.25) is 0 Å². The minimum atomic E-state index is -0.184. The molecule has 0 radical (unpaired) electrons. The maximum absolute atomic E-state index is 10.9. The number of esters is 1. The van der Waals surface area contributed by atoms with Crippen LogP contribution in [0.1, 0.15) is 36.9 Å². The van der Waals surface area contributed by atoms with E-state index in [2.05, 4.69) is 16.1 Å². The summed E-state index contributed by atoms with van der Waals surface area (Å²) in [6.45, 7) is 2.78. The lowest BCUT2D eigenvalue weighted by Gasteiger charge is -2.14. The second-order valence-corrected chi connectivity index (χ2v) is 4.09. The molecule has 0 aromatic heterocycles. The molecule has 1 aromatic carbocycles. The molecule has 0 amide bonds. The second-order valence-electron chi connectivity index (χ2n) is 4.09. The van der Waals surface area contributed by atoms with Crippen LogP contribution in [0.15, 0.2) is 24.3 Å². The third kappa shape index (κ3) is 4.56. The van der Waals surface area contributed by atoms with E-state index in [0.29, 0.717) is 12.0 Å². The number of carbonyl (C=O) groups excluding carboxylic acids is 1. The van der Waals surface area contributed by atoms with E-state index >= 15 is 0 Å². The van der Waals surface area contributed by atoms with Crippen LogP contribution >= 0.6 is 0 Å². The average molecular weight is 246 g/mol. The third-order valence-electron chi connectivity index (χ3n) is 2.75. The first-order valence-corrected chi connectivity index (χ1v) is 5.97. The van der Waals surface area contributed by atoms with Crippen LogP contribution in [0.3, 0.4) is 0 Å². The van der Waals surface area contributed by atoms with Gasteiger partial charge in [0.2, 0.25) is 0 Å². The predicted octanol–water partition coefficient (Wildman–Crippen LogP) is 2.16. The molecule has 4 nitrogen and oxygen atoms in total. The molecule has 96 valence electrons. The average Bonchev–Trinajstić information content (AvgIpc) is 2.43. The third-order valence-corrected chi connectivity index (χ3v) is 2.75. The van der Waals surface area contributed by atoms with Crippen LogP contribution in [-0.2, 0) is 9.53 Å². The van der Waals surface area contributed by atoms with Gasteiger partial charge in [-0.3, -0.25) is 4.79 Å². The fourth-order valence-electron chi connectivity index (χ4n) is 1.65. The normalized spacial score (nSPS) is 11.6. The number of methoxy groups -OCH3 is 1. The number of nitrogens with zero attached hydrogens (tertiary/aromatic N) is 1. The molecule has 1 unspecified atom stereocenters. The number of benzene rings is 1. The number of ether oxygens (including phenoxy) is 1. The molecule has 4 heteroatoms. The first kappa shape index (κ1) is 14.2. The lowest BCUT2D eigenvalue weighted by atomic mass is 10.1. The van der Waals surface area contributed by atoms with Gasteiger partial charge in [0, 0.05) is 12.5 Å². The number of hydrogen-bond donors (Lipinski definition) is 1. The molecule has 0 saturated carbocycles. The minimum absolute atomic E-state index is 0.163. The number of nitrogens with one attached hydrogen (secondary N) is 1. The number of nitriles is 1. The van der Waals surface area contributed by atoms with Crippen molar-refractivity contribution in [2.24, 2.45) is 0 Å². The van der Waals surface area contributed by atoms with E-state index < -0.39 is 0 Å². The van der Waals surface area contributed by atoms with E-state index in [0.717, 1.165) is 18.5 Å². The van der Waals surface area contributed by atoms with E-state index in [9.17, 15) is 4.79 Å². The van der Waals surface area contributed by atoms with Gasteiger partial charge in [0.1, 0.15) is 0 Å². The molecule has 0 heterocycles. The molecule has 1 aromatic rings. The quantitative estimate of drug-likeness (QED) is 0.617. The zero-order valence-corrected chi connectivity index (χ0v) is 10.8. The first-order valence-electron chi connectivity index (χ1n) is 5.97. The van der Waals surface area contributed by atoms with Crippen molar-refractivity contribution in [3.8, 4) is 6.07 Å². The maximum Gasteiger partial charge on any atom is 0.305 e. The Balaban J connectivity index is 2.38. The number of rotatable bonds is 6. The molecule has 1 N–H and O–H groups in total. The Morgan fingerprint density at radius 2 is 2.33 bits per heavy atom. The van der Waals surface area contributed by atoms with Crippen molar-refractivity contribution in [1.29, 1.82) is 5.26 Å². The van der Waals surface area contributed by atoms with Crippen molar-refractivity contribution < 1.29 is 9.53 Å². The van der Waals surface area contributed by atoms with Crippen molar-refractivity contribution in [3.05, 3.63) is 35.4 Å². The molecule has 18 heavy (non-hydrogen) atoms. The van der Waals surface area contributed by atoms with Gasteiger partial charge < -0.3 is 10.1 Å². The molecule has 0 fully saturated rings. The highest BCUT2D eigenvalue weighted by Gasteiger charge is 2.06. The second kappa shape index (κ2) is 7.46. The topological polar surface area (TPSA) is 62.1 Å². The summed E-state index contributed by atoms with van der Waals surface area (Å²) in [5.74, 6) is -0.184. The Morgan fingerprint density at radius 1 is 1.56 bits per heavy atom. The molecule has 0 bridgehead atoms. The molecule has 0 saturated heterocycles. The maximum atomic E-state index is 10.9. The molecular formula is C14H18N2O2. The van der Waals surface area contributed by atoms with Gasteiger partial charge in [-0.05, 0) is 37.6 Å². The number of carbonyl (C=O) groups is 1. The van der Waals surface area contributed by atoms with Crippen LogP contribution in [-0.4, -0.2) is 19.6 Å². The van der Waals surface area contributed by atoms with Gasteiger partial charge in [-0.15, -0.1) is 0 Å². The summed E-state index contributed by atoms with van der Waals surface area (Å²) < 4.78 is 4.57. The summed E-state index contributed by atoms with van der Waals surface area (Å²) in [4.78, 5) is 10.9. The van der Waals surface area contributed by atoms with Crippen LogP contribution in [0.5, 0.6) is 0 Å². The molecule has 0 spiro atoms. The minimum Gasteiger partial charge on any atom is -0.469 e. The highest BCUT2D eigenvalue weighted by molar-refractivity contribution is 5.69. The summed E-state index contributed by atoms with van der Waals surface area (Å²) in [5, 5.41) is 12.1. The van der Waals surface area contributed by atoms with Crippen LogP contribution in [0, 0.1) is 11.3 Å². The Labute approximate surface area is 108 Å². The summed E-state index contributed by atoms with van der Waals surface area (Å²) in [5.41, 5.74) is 1.74. The van der Waals surface area contributed by atoms with Gasteiger partial charge in [-0.25, -0.2) is 0 Å². The fourth-order valence-corrected chi connectivity index (χ4v) is 1.65. The lowest BCUT2D eigenvalue weighted by molar-refractivity contribution is -0.140. The van der Waals surface area contributed by atoms with Crippen molar-refractivity contribution in [2.45, 2.75) is 25.8 Å². The summed E-state index contributed by atoms with van der Waals surface area (Å²) in [6.07, 6.45) is 1.17. The van der Waals surface area contributed by atoms with Crippen LogP contribution < -0.4 is 5.32 Å². The van der Waals surface area contributed by atoms with Crippen molar-refractivity contribution in [3.63, 3.8) is 0 Å². The molecule has 1 atom stereocenters.